The molecular weight excluding hydrogens is 490 g/mol. The Morgan fingerprint density at radius 2 is 1.81 bits per heavy atom. The van der Waals surface area contributed by atoms with Crippen LogP contribution in [0.4, 0.5) is 0 Å². The second-order valence-corrected chi connectivity index (χ2v) is 8.97. The van der Waals surface area contributed by atoms with Gasteiger partial charge in [0.2, 0.25) is 17.7 Å². The summed E-state index contributed by atoms with van der Waals surface area (Å²) in [6.07, 6.45) is 1.92. The van der Waals surface area contributed by atoms with Crippen LogP contribution in [0, 0.1) is 0 Å². The van der Waals surface area contributed by atoms with E-state index in [1.807, 2.05) is 24.3 Å². The number of hydrogen-bond acceptors (Lipinski definition) is 7. The topological polar surface area (TPSA) is 195 Å². The molecule has 1 fully saturated rings. The monoisotopic (exact) mass is 519 g/mol. The zero-order valence-corrected chi connectivity index (χ0v) is 20.2. The lowest BCUT2D eigenvalue weighted by Gasteiger charge is -2.28. The molecule has 7 N–H and O–H groups in total. The number of aromatic amines is 1. The minimum absolute atomic E-state index is 0.139. The molecule has 4 unspecified atom stereocenters. The van der Waals surface area contributed by atoms with Gasteiger partial charge >= 0.3 is 11.9 Å². The molecular formula is C23H29N5O7S. The van der Waals surface area contributed by atoms with Crippen molar-refractivity contribution in [2.24, 2.45) is 5.73 Å². The van der Waals surface area contributed by atoms with E-state index in [-0.39, 0.29) is 18.7 Å². The number of aliphatic carboxylic acids is 2. The van der Waals surface area contributed by atoms with E-state index in [1.165, 1.54) is 0 Å². The SMILES string of the molecule is NC(Cc1c[nH]c2ccccc12)C(=O)NC(CC(=O)O)C(=O)NC(CS)C(=O)N1CCCC1C(=O)O. The fourth-order valence-corrected chi connectivity index (χ4v) is 4.49. The quantitative estimate of drug-likeness (QED) is 0.193. The highest BCUT2D eigenvalue weighted by molar-refractivity contribution is 7.80. The first kappa shape index (κ1) is 27.0. The molecule has 2 aromatic rings. The molecule has 0 aliphatic carbocycles. The van der Waals surface area contributed by atoms with Crippen LogP contribution >= 0.6 is 12.6 Å². The molecule has 0 bridgehead atoms. The van der Waals surface area contributed by atoms with Crippen LogP contribution in [0.25, 0.3) is 10.9 Å². The molecule has 4 atom stereocenters. The molecule has 1 aliphatic rings. The van der Waals surface area contributed by atoms with Crippen molar-refractivity contribution in [3.63, 3.8) is 0 Å². The first-order chi connectivity index (χ1) is 17.1. The van der Waals surface area contributed by atoms with E-state index < -0.39 is 60.2 Å². The predicted molar refractivity (Wildman–Crippen MR) is 132 cm³/mol. The number of carboxylic acid groups (broad SMARTS) is 2. The lowest BCUT2D eigenvalue weighted by molar-refractivity contribution is -0.149. The minimum Gasteiger partial charge on any atom is -0.481 e. The van der Waals surface area contributed by atoms with E-state index in [4.69, 9.17) is 5.73 Å². The molecule has 1 aromatic carbocycles. The number of benzene rings is 1. The number of likely N-dealkylation sites (tertiary alicyclic amines) is 1. The highest BCUT2D eigenvalue weighted by Crippen LogP contribution is 2.20. The van der Waals surface area contributed by atoms with Gasteiger partial charge in [0, 0.05) is 29.4 Å². The van der Waals surface area contributed by atoms with Crippen LogP contribution in [0.3, 0.4) is 0 Å². The van der Waals surface area contributed by atoms with Crippen LogP contribution in [-0.4, -0.2) is 86.2 Å². The van der Waals surface area contributed by atoms with E-state index in [9.17, 15) is 34.2 Å². The van der Waals surface area contributed by atoms with E-state index in [0.717, 1.165) is 21.4 Å². The number of carbonyl (C=O) groups excluding carboxylic acids is 3. The number of H-pyrrole nitrogens is 1. The Morgan fingerprint density at radius 3 is 2.47 bits per heavy atom. The van der Waals surface area contributed by atoms with Crippen molar-refractivity contribution >= 4 is 53.2 Å². The van der Waals surface area contributed by atoms with E-state index in [0.29, 0.717) is 12.8 Å². The van der Waals surface area contributed by atoms with Crippen molar-refractivity contribution < 1.29 is 34.2 Å². The molecule has 0 radical (unpaired) electrons. The molecule has 12 nitrogen and oxygen atoms in total. The molecule has 1 aliphatic heterocycles. The molecule has 0 saturated carbocycles. The summed E-state index contributed by atoms with van der Waals surface area (Å²) in [5, 5.41) is 24.2. The average molecular weight is 520 g/mol. The Labute approximate surface area is 212 Å². The maximum absolute atomic E-state index is 12.9. The third-order valence-corrected chi connectivity index (χ3v) is 6.45. The number of rotatable bonds is 11. The minimum atomic E-state index is -1.51. The van der Waals surface area contributed by atoms with Crippen molar-refractivity contribution in [2.75, 3.05) is 12.3 Å². The molecule has 0 spiro atoms. The van der Waals surface area contributed by atoms with Crippen LogP contribution in [0.1, 0.15) is 24.8 Å². The van der Waals surface area contributed by atoms with Gasteiger partial charge in [-0.2, -0.15) is 12.6 Å². The summed E-state index contributed by atoms with van der Waals surface area (Å²) >= 11 is 4.09. The van der Waals surface area contributed by atoms with Crippen LogP contribution in [0.5, 0.6) is 0 Å². The van der Waals surface area contributed by atoms with Gasteiger partial charge in [-0.1, -0.05) is 18.2 Å². The Balaban J connectivity index is 1.66. The lowest BCUT2D eigenvalue weighted by atomic mass is 10.0. The van der Waals surface area contributed by atoms with Gasteiger partial charge in [0.25, 0.3) is 0 Å². The number of fused-ring (bicyclic) bond motifs is 1. The zero-order valence-electron chi connectivity index (χ0n) is 19.3. The average Bonchev–Trinajstić information content (AvgIpc) is 3.49. The van der Waals surface area contributed by atoms with Gasteiger partial charge in [-0.15, -0.1) is 0 Å². The van der Waals surface area contributed by atoms with Crippen LogP contribution in [-0.2, 0) is 30.4 Å². The van der Waals surface area contributed by atoms with Gasteiger partial charge in [-0.25, -0.2) is 4.79 Å². The van der Waals surface area contributed by atoms with Crippen LogP contribution < -0.4 is 16.4 Å². The number of thiol groups is 1. The number of aromatic nitrogens is 1. The number of amides is 3. The van der Waals surface area contributed by atoms with E-state index >= 15 is 0 Å². The Hall–Kier alpha value is -3.58. The highest BCUT2D eigenvalue weighted by Gasteiger charge is 2.38. The van der Waals surface area contributed by atoms with Crippen molar-refractivity contribution in [1.29, 1.82) is 0 Å². The normalized spacial score (nSPS) is 17.8. The number of carboxylic acids is 2. The summed E-state index contributed by atoms with van der Waals surface area (Å²) < 4.78 is 0. The Morgan fingerprint density at radius 1 is 1.11 bits per heavy atom. The smallest absolute Gasteiger partial charge is 0.326 e. The van der Waals surface area contributed by atoms with Crippen molar-refractivity contribution in [3.8, 4) is 0 Å². The van der Waals surface area contributed by atoms with Crippen LogP contribution in [0.2, 0.25) is 0 Å². The predicted octanol–water partition coefficient (Wildman–Crippen LogP) is -0.513. The van der Waals surface area contributed by atoms with Gasteiger partial charge in [0.15, 0.2) is 0 Å². The van der Waals surface area contributed by atoms with Gasteiger partial charge in [-0.05, 0) is 30.9 Å². The molecule has 1 aromatic heterocycles. The zero-order chi connectivity index (χ0) is 26.4. The number of nitrogens with one attached hydrogen (secondary N) is 3. The molecule has 1 saturated heterocycles. The van der Waals surface area contributed by atoms with Gasteiger partial charge < -0.3 is 36.5 Å². The number of nitrogens with zero attached hydrogens (tertiary/aromatic N) is 1. The largest absolute Gasteiger partial charge is 0.481 e. The first-order valence-corrected chi connectivity index (χ1v) is 12.0. The fraction of sp³-hybridized carbons (Fsp3) is 0.435. The third kappa shape index (κ3) is 6.34. The maximum atomic E-state index is 12.9. The molecule has 3 rings (SSSR count). The standard InChI is InChI=1S/C23H29N5O7S/c24-14(8-12-10-25-15-5-2-1-4-13(12)15)20(31)26-16(9-19(29)30)21(32)27-17(11-36)22(33)28-7-3-6-18(28)23(34)35/h1-2,4-5,10,14,16-18,25,36H,3,6-9,11,24H2,(H,26,31)(H,27,32)(H,29,30)(H,34,35). The molecule has 13 heteroatoms. The van der Waals surface area contributed by atoms with Gasteiger partial charge in [-0.3, -0.25) is 19.2 Å². The van der Waals surface area contributed by atoms with Gasteiger partial charge in [0.1, 0.15) is 18.1 Å². The summed E-state index contributed by atoms with van der Waals surface area (Å²) in [7, 11) is 0. The van der Waals surface area contributed by atoms with Crippen molar-refractivity contribution in [1.82, 2.24) is 20.5 Å². The second kappa shape index (κ2) is 11.9. The fourth-order valence-electron chi connectivity index (χ4n) is 4.24. The van der Waals surface area contributed by atoms with E-state index in [2.05, 4.69) is 28.2 Å². The first-order valence-electron chi connectivity index (χ1n) is 11.4. The molecule has 36 heavy (non-hydrogen) atoms. The summed E-state index contributed by atoms with van der Waals surface area (Å²) in [6.45, 7) is 0.216. The molecule has 2 heterocycles. The summed E-state index contributed by atoms with van der Waals surface area (Å²) in [4.78, 5) is 65.5. The molecule has 194 valence electrons. The van der Waals surface area contributed by atoms with Crippen molar-refractivity contribution in [2.45, 2.75) is 49.9 Å². The number of nitrogens with two attached hydrogens (primary N) is 1. The Kier molecular flexibility index (Phi) is 8.93. The molecule has 3 amide bonds. The number of carbonyl (C=O) groups is 5. The number of hydrogen-bond donors (Lipinski definition) is 7. The lowest BCUT2D eigenvalue weighted by Crippen LogP contribution is -2.58. The summed E-state index contributed by atoms with van der Waals surface area (Å²) in [5.74, 6) is -4.93. The highest BCUT2D eigenvalue weighted by atomic mass is 32.1. The van der Waals surface area contributed by atoms with Gasteiger partial charge in [0.05, 0.1) is 12.5 Å². The van der Waals surface area contributed by atoms with Crippen molar-refractivity contribution in [3.05, 3.63) is 36.0 Å². The summed E-state index contributed by atoms with van der Waals surface area (Å²) in [5.41, 5.74) is 7.70. The third-order valence-electron chi connectivity index (χ3n) is 6.08. The van der Waals surface area contributed by atoms with E-state index in [1.54, 1.807) is 6.20 Å². The Bertz CT molecular complexity index is 1150. The maximum Gasteiger partial charge on any atom is 0.326 e. The second-order valence-electron chi connectivity index (χ2n) is 8.60. The summed E-state index contributed by atoms with van der Waals surface area (Å²) in [6, 6.07) is 2.66. The number of para-hydroxylation sites is 1. The van der Waals surface area contributed by atoms with Crippen LogP contribution in [0.15, 0.2) is 30.5 Å².